The first-order valence-electron chi connectivity index (χ1n) is 9.67. The largest absolute Gasteiger partial charge is 0.369 e. The van der Waals surface area contributed by atoms with Crippen LogP contribution in [-0.4, -0.2) is 26.1 Å². The molecule has 1 saturated heterocycles. The number of pyridine rings is 1. The molecule has 1 aliphatic rings. The van der Waals surface area contributed by atoms with Gasteiger partial charge in [-0.05, 0) is 43.0 Å². The van der Waals surface area contributed by atoms with Crippen molar-refractivity contribution >= 4 is 26.4 Å². The Morgan fingerprint density at radius 1 is 1.14 bits per heavy atom. The van der Waals surface area contributed by atoms with E-state index in [-0.39, 0.29) is 15.2 Å². The Balaban J connectivity index is 1.89. The molecule has 1 unspecified atom stereocenters. The highest BCUT2D eigenvalue weighted by atomic mass is 32.2. The number of anilines is 1. The number of aryl methyl sites for hydroxylation is 1. The van der Waals surface area contributed by atoms with Crippen LogP contribution in [0, 0.1) is 11.7 Å². The van der Waals surface area contributed by atoms with E-state index in [9.17, 15) is 17.6 Å². The quantitative estimate of drug-likeness (QED) is 0.655. The molecule has 152 valence electrons. The van der Waals surface area contributed by atoms with Crippen molar-refractivity contribution in [2.75, 3.05) is 18.0 Å². The summed E-state index contributed by atoms with van der Waals surface area (Å²) in [5.74, 6) is -0.0287. The van der Waals surface area contributed by atoms with Gasteiger partial charge >= 0.3 is 0 Å². The number of benzene rings is 2. The van der Waals surface area contributed by atoms with Gasteiger partial charge in [-0.2, -0.15) is 0 Å². The Hall–Kier alpha value is -2.67. The fourth-order valence-electron chi connectivity index (χ4n) is 4.03. The van der Waals surface area contributed by atoms with Crippen LogP contribution in [0.25, 0.3) is 10.9 Å². The minimum Gasteiger partial charge on any atom is -0.369 e. The zero-order chi connectivity index (χ0) is 20.8. The molecule has 3 aromatic rings. The van der Waals surface area contributed by atoms with Crippen LogP contribution in [0.4, 0.5) is 10.1 Å². The molecule has 0 spiro atoms. The van der Waals surface area contributed by atoms with Crippen LogP contribution in [0.3, 0.4) is 0 Å². The molecule has 0 amide bonds. The van der Waals surface area contributed by atoms with Crippen LogP contribution < -0.4 is 10.3 Å². The molecule has 1 atom stereocenters. The van der Waals surface area contributed by atoms with Crippen molar-refractivity contribution in [1.29, 1.82) is 0 Å². The van der Waals surface area contributed by atoms with Crippen LogP contribution in [-0.2, 0) is 16.9 Å². The van der Waals surface area contributed by atoms with Crippen molar-refractivity contribution in [3.8, 4) is 0 Å². The highest BCUT2D eigenvalue weighted by molar-refractivity contribution is 7.91. The molecule has 1 aliphatic heterocycles. The number of fused-ring (bicyclic) bond motifs is 1. The molecule has 0 radical (unpaired) electrons. The van der Waals surface area contributed by atoms with Crippen LogP contribution in [0.1, 0.15) is 19.8 Å². The molecule has 0 bridgehead atoms. The number of aromatic nitrogens is 1. The fraction of sp³-hybridized carbons (Fsp3) is 0.318. The summed E-state index contributed by atoms with van der Waals surface area (Å²) in [4.78, 5) is 14.7. The molecule has 4 rings (SSSR count). The SMILES string of the molecule is CC1CCCN(c2cc3c(cc2F)c(=O)c(S(=O)(=O)c2ccccc2)cn3C)C1. The maximum absolute atomic E-state index is 15.0. The number of nitrogens with zero attached hydrogens (tertiary/aromatic N) is 2. The lowest BCUT2D eigenvalue weighted by Gasteiger charge is -2.33. The van der Waals surface area contributed by atoms with Crippen molar-refractivity contribution in [2.45, 2.75) is 29.6 Å². The second kappa shape index (κ2) is 7.30. The van der Waals surface area contributed by atoms with Gasteiger partial charge in [-0.3, -0.25) is 4.79 Å². The summed E-state index contributed by atoms with van der Waals surface area (Å²) in [6, 6.07) is 10.6. The number of halogens is 1. The number of hydrogen-bond acceptors (Lipinski definition) is 4. The minimum absolute atomic E-state index is 0.0378. The van der Waals surface area contributed by atoms with E-state index < -0.39 is 21.1 Å². The lowest BCUT2D eigenvalue weighted by molar-refractivity contribution is 0.442. The van der Waals surface area contributed by atoms with E-state index in [0.29, 0.717) is 17.1 Å². The van der Waals surface area contributed by atoms with Crippen molar-refractivity contribution in [1.82, 2.24) is 4.57 Å². The van der Waals surface area contributed by atoms with E-state index >= 15 is 0 Å². The summed E-state index contributed by atoms with van der Waals surface area (Å²) in [6.07, 6.45) is 3.43. The third-order valence-corrected chi connectivity index (χ3v) is 7.33. The summed E-state index contributed by atoms with van der Waals surface area (Å²) in [5.41, 5.74) is 0.286. The molecule has 0 aliphatic carbocycles. The fourth-order valence-corrected chi connectivity index (χ4v) is 5.45. The van der Waals surface area contributed by atoms with Crippen molar-refractivity contribution in [3.05, 3.63) is 64.7 Å². The van der Waals surface area contributed by atoms with Gasteiger partial charge in [0.2, 0.25) is 15.3 Å². The Kier molecular flexibility index (Phi) is 4.94. The molecule has 29 heavy (non-hydrogen) atoms. The Morgan fingerprint density at radius 3 is 2.55 bits per heavy atom. The highest BCUT2D eigenvalue weighted by Crippen LogP contribution is 2.29. The normalized spacial score (nSPS) is 17.6. The van der Waals surface area contributed by atoms with Crippen LogP contribution >= 0.6 is 0 Å². The van der Waals surface area contributed by atoms with Crippen LogP contribution in [0.2, 0.25) is 0 Å². The van der Waals surface area contributed by atoms with E-state index in [0.717, 1.165) is 25.9 Å². The lowest BCUT2D eigenvalue weighted by atomic mass is 9.99. The van der Waals surface area contributed by atoms with Crippen LogP contribution in [0.15, 0.2) is 63.2 Å². The van der Waals surface area contributed by atoms with Gasteiger partial charge in [-0.15, -0.1) is 0 Å². The van der Waals surface area contributed by atoms with E-state index in [1.54, 1.807) is 35.9 Å². The average Bonchev–Trinajstić information content (AvgIpc) is 2.71. The van der Waals surface area contributed by atoms with Gasteiger partial charge in [-0.25, -0.2) is 12.8 Å². The number of sulfone groups is 1. The maximum atomic E-state index is 15.0. The lowest BCUT2D eigenvalue weighted by Crippen LogP contribution is -2.35. The Labute approximate surface area is 169 Å². The van der Waals surface area contributed by atoms with Gasteiger partial charge in [0.05, 0.1) is 21.5 Å². The van der Waals surface area contributed by atoms with Crippen molar-refractivity contribution < 1.29 is 12.8 Å². The maximum Gasteiger partial charge on any atom is 0.211 e. The summed E-state index contributed by atoms with van der Waals surface area (Å²) >= 11 is 0. The smallest absolute Gasteiger partial charge is 0.211 e. The molecule has 7 heteroatoms. The number of rotatable bonds is 3. The summed E-state index contributed by atoms with van der Waals surface area (Å²) < 4.78 is 42.5. The second-order valence-electron chi connectivity index (χ2n) is 7.76. The third kappa shape index (κ3) is 3.44. The second-order valence-corrected chi connectivity index (χ2v) is 9.68. The molecule has 1 aromatic heterocycles. The molecule has 1 fully saturated rings. The zero-order valence-corrected chi connectivity index (χ0v) is 17.2. The van der Waals surface area contributed by atoms with E-state index in [1.165, 1.54) is 24.4 Å². The molecule has 0 saturated carbocycles. The monoisotopic (exact) mass is 414 g/mol. The highest BCUT2D eigenvalue weighted by Gasteiger charge is 2.25. The average molecular weight is 415 g/mol. The van der Waals surface area contributed by atoms with Gasteiger partial charge in [0.15, 0.2) is 0 Å². The standard InChI is InChI=1S/C22H23FN2O3S/c1-15-7-6-10-25(13-15)20-12-19-17(11-18(20)23)22(26)21(14-24(19)2)29(27,28)16-8-4-3-5-9-16/h3-5,8-9,11-12,14-15H,6-7,10,13H2,1-2H3. The topological polar surface area (TPSA) is 59.4 Å². The van der Waals surface area contributed by atoms with Gasteiger partial charge in [0.25, 0.3) is 0 Å². The summed E-state index contributed by atoms with van der Waals surface area (Å²) in [7, 11) is -2.33. The van der Waals surface area contributed by atoms with Gasteiger partial charge < -0.3 is 9.47 Å². The molecular formula is C22H23FN2O3S. The Morgan fingerprint density at radius 2 is 1.86 bits per heavy atom. The number of piperidine rings is 1. The van der Waals surface area contributed by atoms with E-state index in [4.69, 9.17) is 0 Å². The predicted molar refractivity (Wildman–Crippen MR) is 112 cm³/mol. The molecule has 2 heterocycles. The van der Waals surface area contributed by atoms with Gasteiger partial charge in [-0.1, -0.05) is 25.1 Å². The molecule has 2 aromatic carbocycles. The molecule has 0 N–H and O–H groups in total. The summed E-state index contributed by atoms with van der Waals surface area (Å²) in [5, 5.41) is 0.0656. The predicted octanol–water partition coefficient (Wildman–Crippen LogP) is 3.75. The zero-order valence-electron chi connectivity index (χ0n) is 16.4. The molecule has 5 nitrogen and oxygen atoms in total. The van der Waals surface area contributed by atoms with Gasteiger partial charge in [0.1, 0.15) is 10.7 Å². The molecular weight excluding hydrogens is 391 g/mol. The van der Waals surface area contributed by atoms with Crippen molar-refractivity contribution in [2.24, 2.45) is 13.0 Å². The minimum atomic E-state index is -4.00. The van der Waals surface area contributed by atoms with Crippen molar-refractivity contribution in [3.63, 3.8) is 0 Å². The van der Waals surface area contributed by atoms with E-state index in [2.05, 4.69) is 6.92 Å². The summed E-state index contributed by atoms with van der Waals surface area (Å²) in [6.45, 7) is 3.67. The third-order valence-electron chi connectivity index (χ3n) is 5.57. The first kappa shape index (κ1) is 19.6. The first-order chi connectivity index (χ1) is 13.8. The van der Waals surface area contributed by atoms with E-state index in [1.807, 2.05) is 4.90 Å². The Bertz CT molecular complexity index is 1240. The van der Waals surface area contributed by atoms with Gasteiger partial charge in [0, 0.05) is 26.3 Å². The number of hydrogen-bond donors (Lipinski definition) is 0. The first-order valence-corrected chi connectivity index (χ1v) is 11.2. The van der Waals surface area contributed by atoms with Crippen LogP contribution in [0.5, 0.6) is 0 Å².